The van der Waals surface area contributed by atoms with Crippen molar-refractivity contribution < 1.29 is 48.1 Å². The van der Waals surface area contributed by atoms with E-state index in [0.29, 0.717) is 26.9 Å². The van der Waals surface area contributed by atoms with Crippen LogP contribution in [0.5, 0.6) is 11.5 Å². The maximum atomic E-state index is 13.3. The molecule has 1 saturated heterocycles. The maximum absolute atomic E-state index is 13.3. The van der Waals surface area contributed by atoms with Crippen molar-refractivity contribution in [2.75, 3.05) is 23.8 Å². The molecular formula is C28H26N6O10S4. The van der Waals surface area contributed by atoms with E-state index >= 15 is 0 Å². The van der Waals surface area contributed by atoms with Crippen LogP contribution in [0.25, 0.3) is 11.3 Å². The number of hydrogen-bond donors (Lipinski definition) is 3. The minimum atomic E-state index is -1.59. The Morgan fingerprint density at radius 2 is 1.85 bits per heavy atom. The van der Waals surface area contributed by atoms with Gasteiger partial charge in [-0.1, -0.05) is 16.9 Å². The number of nitrogen functional groups attached to an aromatic ring is 1. The van der Waals surface area contributed by atoms with Gasteiger partial charge >= 0.3 is 18.1 Å². The molecule has 252 valence electrons. The quantitative estimate of drug-likeness (QED) is 0.0605. The third-order valence-corrected chi connectivity index (χ3v) is 10.4. The highest BCUT2D eigenvalue weighted by atomic mass is 32.2. The van der Waals surface area contributed by atoms with Gasteiger partial charge in [-0.25, -0.2) is 14.8 Å². The normalized spacial score (nSPS) is 17.3. The number of fused-ring (bicyclic) bond motifs is 1. The Labute approximate surface area is 288 Å². The first-order valence-corrected chi connectivity index (χ1v) is 17.6. The molecule has 2 aromatic heterocycles. The number of thiazole rings is 2. The van der Waals surface area contributed by atoms with Crippen LogP contribution in [-0.2, 0) is 28.8 Å². The minimum absolute atomic E-state index is 0.0612. The molecule has 0 aliphatic carbocycles. The molecule has 2 atom stereocenters. The first-order valence-electron chi connectivity index (χ1n) is 13.8. The molecule has 1 fully saturated rings. The molecule has 20 heteroatoms. The lowest BCUT2D eigenvalue weighted by Crippen LogP contribution is -2.70. The number of nitrogens with two attached hydrogens (primary N) is 1. The van der Waals surface area contributed by atoms with Gasteiger partial charge in [0.05, 0.1) is 5.69 Å². The molecule has 16 nitrogen and oxygen atoms in total. The van der Waals surface area contributed by atoms with Crippen molar-refractivity contribution in [2.24, 2.45) is 5.16 Å². The standard InChI is InChI=1S/C28H26N6O10S4/c1-4-41-33-20(17-11-46-26(29)30-17)22(37)32-21-23(38)34-24(44-28(39)40)15(8-45-25(21)34)9-47-27-31-16(10-48-27)14-5-6-18(42-12(2)35)19(7-14)43-13(3)36/h5-7,10-11,21,25H,4,8-9H2,1-3H3,(H2,29,30)(H,32,37)(H,39,40)/t21-,25+/m1/s1. The summed E-state index contributed by atoms with van der Waals surface area (Å²) in [6.07, 6.45) is -1.59. The predicted octanol–water partition coefficient (Wildman–Crippen LogP) is 3.54. The van der Waals surface area contributed by atoms with Gasteiger partial charge in [-0.3, -0.25) is 24.1 Å². The number of carbonyl (C=O) groups is 5. The molecule has 4 heterocycles. The zero-order valence-corrected chi connectivity index (χ0v) is 28.5. The van der Waals surface area contributed by atoms with Crippen molar-refractivity contribution in [3.8, 4) is 22.8 Å². The third kappa shape index (κ3) is 7.89. The van der Waals surface area contributed by atoms with Gasteiger partial charge < -0.3 is 35.2 Å². The summed E-state index contributed by atoms with van der Waals surface area (Å²) in [4.78, 5) is 76.0. The first kappa shape index (κ1) is 34.7. The zero-order chi connectivity index (χ0) is 34.5. The SMILES string of the molecule is CCON=C(C(=O)N[C@@H]1C(=O)N2C(OC(=O)O)=C(CSc3nc(-c4ccc(OC(C)=O)c(OC(C)=O)c4)cs3)CS[C@@H]12)c1csc(N)n1. The number of amides is 2. The molecule has 0 saturated carbocycles. The molecule has 0 radical (unpaired) electrons. The van der Waals surface area contributed by atoms with Crippen LogP contribution in [0.1, 0.15) is 26.5 Å². The first-order chi connectivity index (χ1) is 22.9. The van der Waals surface area contributed by atoms with E-state index in [9.17, 15) is 29.1 Å². The number of thioether (sulfide) groups is 2. The minimum Gasteiger partial charge on any atom is -0.449 e. The smallest absolute Gasteiger partial charge is 0.449 e. The Morgan fingerprint density at radius 1 is 1.10 bits per heavy atom. The molecule has 1 aromatic carbocycles. The maximum Gasteiger partial charge on any atom is 0.512 e. The molecule has 0 spiro atoms. The Hall–Kier alpha value is -4.66. The highest BCUT2D eigenvalue weighted by molar-refractivity contribution is 8.01. The van der Waals surface area contributed by atoms with Crippen LogP contribution in [-0.4, -0.2) is 85.1 Å². The Balaban J connectivity index is 1.29. The fourth-order valence-corrected chi connectivity index (χ4v) is 8.23. The van der Waals surface area contributed by atoms with Crippen molar-refractivity contribution >= 4 is 86.9 Å². The van der Waals surface area contributed by atoms with Crippen molar-refractivity contribution in [3.05, 3.63) is 46.1 Å². The van der Waals surface area contributed by atoms with E-state index < -0.39 is 41.3 Å². The highest BCUT2D eigenvalue weighted by Gasteiger charge is 2.54. The zero-order valence-electron chi connectivity index (χ0n) is 25.3. The molecule has 48 heavy (non-hydrogen) atoms. The summed E-state index contributed by atoms with van der Waals surface area (Å²) in [5, 5.41) is 18.9. The molecule has 0 bridgehead atoms. The van der Waals surface area contributed by atoms with Gasteiger partial charge in [0.2, 0.25) is 5.88 Å². The van der Waals surface area contributed by atoms with Gasteiger partial charge in [-0.05, 0) is 25.1 Å². The molecular weight excluding hydrogens is 709 g/mol. The number of hydrogen-bond acceptors (Lipinski definition) is 17. The number of ether oxygens (including phenoxy) is 3. The molecule has 5 rings (SSSR count). The number of nitrogens with zero attached hydrogens (tertiary/aromatic N) is 4. The predicted molar refractivity (Wildman–Crippen MR) is 177 cm³/mol. The van der Waals surface area contributed by atoms with Crippen LogP contribution in [0.15, 0.2) is 49.9 Å². The molecule has 2 aliphatic heterocycles. The number of nitrogens with one attached hydrogen (secondary N) is 1. The average Bonchev–Trinajstić information content (AvgIpc) is 3.68. The third-order valence-electron chi connectivity index (χ3n) is 6.33. The Morgan fingerprint density at radius 3 is 2.52 bits per heavy atom. The fraction of sp³-hybridized carbons (Fsp3) is 0.286. The van der Waals surface area contributed by atoms with Crippen LogP contribution < -0.4 is 20.5 Å². The van der Waals surface area contributed by atoms with Gasteiger partial charge in [0, 0.05) is 47.2 Å². The van der Waals surface area contributed by atoms with Gasteiger partial charge in [-0.15, -0.1) is 34.4 Å². The average molecular weight is 735 g/mol. The number of benzene rings is 1. The van der Waals surface area contributed by atoms with Crippen LogP contribution in [0.2, 0.25) is 0 Å². The summed E-state index contributed by atoms with van der Waals surface area (Å²) in [5.74, 6) is -1.86. The number of carboxylic acid groups (broad SMARTS) is 1. The van der Waals surface area contributed by atoms with Crippen molar-refractivity contribution in [2.45, 2.75) is 36.5 Å². The number of rotatable bonds is 12. The van der Waals surface area contributed by atoms with Crippen LogP contribution in [0.4, 0.5) is 9.93 Å². The molecule has 2 aliphatic rings. The van der Waals surface area contributed by atoms with E-state index in [1.54, 1.807) is 18.4 Å². The fourth-order valence-electron chi connectivity index (χ4n) is 4.39. The molecule has 0 unspecified atom stereocenters. The highest BCUT2D eigenvalue weighted by Crippen LogP contribution is 2.43. The lowest BCUT2D eigenvalue weighted by atomic mass is 10.1. The van der Waals surface area contributed by atoms with Crippen molar-refractivity contribution in [1.29, 1.82) is 0 Å². The summed E-state index contributed by atoms with van der Waals surface area (Å²) in [5.41, 5.74) is 7.43. The van der Waals surface area contributed by atoms with E-state index in [1.165, 1.54) is 71.1 Å². The summed E-state index contributed by atoms with van der Waals surface area (Å²) in [6.45, 7) is 4.34. The summed E-state index contributed by atoms with van der Waals surface area (Å²) < 4.78 is 16.0. The number of esters is 2. The van der Waals surface area contributed by atoms with Crippen LogP contribution in [0, 0.1) is 0 Å². The lowest BCUT2D eigenvalue weighted by Gasteiger charge is -2.49. The summed E-state index contributed by atoms with van der Waals surface area (Å²) in [6, 6.07) is 3.71. The Kier molecular flexibility index (Phi) is 10.9. The van der Waals surface area contributed by atoms with Gasteiger partial charge in [0.15, 0.2) is 26.7 Å². The topological polar surface area (TPSA) is 222 Å². The van der Waals surface area contributed by atoms with Gasteiger partial charge in [0.25, 0.3) is 11.8 Å². The number of anilines is 1. The van der Waals surface area contributed by atoms with Gasteiger partial charge in [-0.2, -0.15) is 0 Å². The molecule has 4 N–H and O–H groups in total. The van der Waals surface area contributed by atoms with Gasteiger partial charge in [0.1, 0.15) is 23.7 Å². The largest absolute Gasteiger partial charge is 0.512 e. The van der Waals surface area contributed by atoms with E-state index in [2.05, 4.69) is 20.4 Å². The summed E-state index contributed by atoms with van der Waals surface area (Å²) >= 11 is 5.07. The van der Waals surface area contributed by atoms with E-state index in [0.717, 1.165) is 11.3 Å². The second-order valence-electron chi connectivity index (χ2n) is 9.70. The van der Waals surface area contributed by atoms with Crippen molar-refractivity contribution in [3.63, 3.8) is 0 Å². The Bertz CT molecular complexity index is 1840. The summed E-state index contributed by atoms with van der Waals surface area (Å²) in [7, 11) is 0. The molecule has 2 amide bonds. The molecule has 3 aromatic rings. The van der Waals surface area contributed by atoms with E-state index in [4.69, 9.17) is 24.8 Å². The number of carbonyl (C=O) groups excluding carboxylic acids is 4. The van der Waals surface area contributed by atoms with Crippen LogP contribution in [0.3, 0.4) is 0 Å². The monoisotopic (exact) mass is 734 g/mol. The van der Waals surface area contributed by atoms with E-state index in [-0.39, 0.29) is 46.3 Å². The second-order valence-corrected chi connectivity index (χ2v) is 13.8. The number of oxime groups is 1. The number of β-lactam (4-membered cyclic amide) rings is 1. The van der Waals surface area contributed by atoms with Crippen molar-refractivity contribution in [1.82, 2.24) is 20.2 Å². The van der Waals surface area contributed by atoms with Crippen LogP contribution >= 0.6 is 46.2 Å². The lowest BCUT2D eigenvalue weighted by molar-refractivity contribution is -0.148. The van der Waals surface area contributed by atoms with E-state index in [1.807, 2.05) is 0 Å². The second kappa shape index (κ2) is 15.0. The number of aromatic nitrogens is 2.